The Bertz CT molecular complexity index is 523. The summed E-state index contributed by atoms with van der Waals surface area (Å²) in [6, 6.07) is 1.87. The molecule has 0 bridgehead atoms. The van der Waals surface area contributed by atoms with Gasteiger partial charge >= 0.3 is 0 Å². The SMILES string of the molecule is CC.Cc1cc2nc(N)nc3c2c(n1)OCCN3. The summed E-state index contributed by atoms with van der Waals surface area (Å²) >= 11 is 0. The van der Waals surface area contributed by atoms with Gasteiger partial charge in [-0.3, -0.25) is 0 Å². The van der Waals surface area contributed by atoms with E-state index >= 15 is 0 Å². The second-order valence-electron chi connectivity index (χ2n) is 3.67. The van der Waals surface area contributed by atoms with Gasteiger partial charge in [-0.25, -0.2) is 9.97 Å². The van der Waals surface area contributed by atoms with E-state index in [4.69, 9.17) is 10.5 Å². The third kappa shape index (κ3) is 2.13. The molecular formula is C12H17N5O. The van der Waals surface area contributed by atoms with Crippen LogP contribution in [0.25, 0.3) is 10.9 Å². The van der Waals surface area contributed by atoms with Crippen LogP contribution in [0.1, 0.15) is 19.5 Å². The molecule has 6 nitrogen and oxygen atoms in total. The first-order valence-corrected chi connectivity index (χ1v) is 6.05. The molecule has 96 valence electrons. The van der Waals surface area contributed by atoms with Crippen LogP contribution in [-0.2, 0) is 0 Å². The fourth-order valence-electron chi connectivity index (χ4n) is 1.81. The number of nitrogens with one attached hydrogen (secondary N) is 1. The maximum atomic E-state index is 5.65. The number of pyridine rings is 1. The lowest BCUT2D eigenvalue weighted by atomic mass is 10.2. The Morgan fingerprint density at radius 1 is 1.28 bits per heavy atom. The maximum Gasteiger partial charge on any atom is 0.227 e. The molecule has 0 saturated heterocycles. The zero-order valence-corrected chi connectivity index (χ0v) is 10.8. The Kier molecular flexibility index (Phi) is 3.45. The minimum Gasteiger partial charge on any atom is -0.475 e. The van der Waals surface area contributed by atoms with Crippen molar-refractivity contribution in [2.45, 2.75) is 20.8 Å². The van der Waals surface area contributed by atoms with E-state index in [2.05, 4.69) is 20.3 Å². The van der Waals surface area contributed by atoms with Crippen molar-refractivity contribution in [1.82, 2.24) is 15.0 Å². The number of ether oxygens (including phenoxy) is 1. The topological polar surface area (TPSA) is 86.0 Å². The van der Waals surface area contributed by atoms with E-state index < -0.39 is 0 Å². The number of anilines is 2. The summed E-state index contributed by atoms with van der Waals surface area (Å²) in [5.41, 5.74) is 7.27. The molecule has 0 fully saturated rings. The quantitative estimate of drug-likeness (QED) is 0.737. The summed E-state index contributed by atoms with van der Waals surface area (Å²) in [7, 11) is 0. The zero-order chi connectivity index (χ0) is 13.1. The van der Waals surface area contributed by atoms with Gasteiger partial charge < -0.3 is 15.8 Å². The average Bonchev–Trinajstić information content (AvgIpc) is 2.54. The van der Waals surface area contributed by atoms with Gasteiger partial charge in [0.25, 0.3) is 0 Å². The normalized spacial score (nSPS) is 12.8. The first-order chi connectivity index (χ1) is 8.74. The van der Waals surface area contributed by atoms with Crippen LogP contribution in [0.4, 0.5) is 11.8 Å². The number of aryl methyl sites for hydroxylation is 1. The lowest BCUT2D eigenvalue weighted by molar-refractivity contribution is 0.326. The van der Waals surface area contributed by atoms with Crippen molar-refractivity contribution in [1.29, 1.82) is 0 Å². The van der Waals surface area contributed by atoms with E-state index in [9.17, 15) is 0 Å². The molecule has 0 aliphatic carbocycles. The van der Waals surface area contributed by atoms with Gasteiger partial charge in [-0.05, 0) is 13.0 Å². The molecule has 0 radical (unpaired) electrons. The van der Waals surface area contributed by atoms with E-state index in [1.807, 2.05) is 26.8 Å². The van der Waals surface area contributed by atoms with Crippen molar-refractivity contribution in [3.05, 3.63) is 11.8 Å². The maximum absolute atomic E-state index is 5.65. The van der Waals surface area contributed by atoms with Crippen molar-refractivity contribution in [2.24, 2.45) is 0 Å². The fraction of sp³-hybridized carbons (Fsp3) is 0.417. The van der Waals surface area contributed by atoms with Crippen molar-refractivity contribution < 1.29 is 4.74 Å². The molecule has 2 aromatic rings. The van der Waals surface area contributed by atoms with Gasteiger partial charge in [0, 0.05) is 5.69 Å². The molecule has 0 saturated carbocycles. The predicted octanol–water partition coefficient (Wildman–Crippen LogP) is 1.75. The van der Waals surface area contributed by atoms with Crippen LogP contribution in [-0.4, -0.2) is 28.1 Å². The molecule has 0 amide bonds. The van der Waals surface area contributed by atoms with Gasteiger partial charge in [-0.2, -0.15) is 4.98 Å². The van der Waals surface area contributed by atoms with Gasteiger partial charge in [0.05, 0.1) is 12.1 Å². The Morgan fingerprint density at radius 3 is 2.83 bits per heavy atom. The Morgan fingerprint density at radius 2 is 2.06 bits per heavy atom. The van der Waals surface area contributed by atoms with Crippen LogP contribution in [0, 0.1) is 6.92 Å². The van der Waals surface area contributed by atoms with Gasteiger partial charge in [0.1, 0.15) is 17.8 Å². The molecular weight excluding hydrogens is 230 g/mol. The first kappa shape index (κ1) is 12.3. The van der Waals surface area contributed by atoms with Gasteiger partial charge in [-0.1, -0.05) is 13.8 Å². The lowest BCUT2D eigenvalue weighted by Gasteiger charge is -2.07. The average molecular weight is 247 g/mol. The van der Waals surface area contributed by atoms with Crippen LogP contribution in [0.5, 0.6) is 5.88 Å². The molecule has 2 aromatic heterocycles. The molecule has 6 heteroatoms. The van der Waals surface area contributed by atoms with Crippen LogP contribution < -0.4 is 15.8 Å². The molecule has 18 heavy (non-hydrogen) atoms. The molecule has 0 aromatic carbocycles. The smallest absolute Gasteiger partial charge is 0.227 e. The van der Waals surface area contributed by atoms with Crippen molar-refractivity contribution in [2.75, 3.05) is 24.2 Å². The number of hydrogen-bond acceptors (Lipinski definition) is 6. The minimum absolute atomic E-state index is 0.258. The van der Waals surface area contributed by atoms with Crippen molar-refractivity contribution >= 4 is 22.7 Å². The van der Waals surface area contributed by atoms with Crippen LogP contribution in [0.2, 0.25) is 0 Å². The van der Waals surface area contributed by atoms with E-state index in [0.29, 0.717) is 24.8 Å². The third-order valence-corrected chi connectivity index (χ3v) is 2.42. The Hall–Kier alpha value is -2.11. The monoisotopic (exact) mass is 247 g/mol. The summed E-state index contributed by atoms with van der Waals surface area (Å²) in [5, 5.41) is 3.96. The van der Waals surface area contributed by atoms with E-state index in [0.717, 1.165) is 16.6 Å². The molecule has 0 atom stereocenters. The standard InChI is InChI=1S/C10H11N5O.C2H6/c1-5-4-6-7-8(15-10(11)14-6)12-2-3-16-9(7)13-5;1-2/h4H,2-3H2,1H3,(H3,11,12,14,15);1-2H3. The van der Waals surface area contributed by atoms with E-state index in [1.165, 1.54) is 0 Å². The first-order valence-electron chi connectivity index (χ1n) is 6.05. The number of aromatic nitrogens is 3. The highest BCUT2D eigenvalue weighted by Gasteiger charge is 2.16. The van der Waals surface area contributed by atoms with Crippen LogP contribution in [0.15, 0.2) is 6.07 Å². The molecule has 3 heterocycles. The predicted molar refractivity (Wildman–Crippen MR) is 71.8 cm³/mol. The molecule has 3 N–H and O–H groups in total. The molecule has 0 spiro atoms. The van der Waals surface area contributed by atoms with Gasteiger partial charge in [-0.15, -0.1) is 0 Å². The van der Waals surface area contributed by atoms with Crippen molar-refractivity contribution in [3.63, 3.8) is 0 Å². The number of rotatable bonds is 0. The largest absolute Gasteiger partial charge is 0.475 e. The number of nitrogens with zero attached hydrogens (tertiary/aromatic N) is 3. The van der Waals surface area contributed by atoms with E-state index in [-0.39, 0.29) is 5.95 Å². The number of nitrogens with two attached hydrogens (primary N) is 1. The van der Waals surface area contributed by atoms with Crippen molar-refractivity contribution in [3.8, 4) is 5.88 Å². The molecule has 1 aliphatic rings. The number of nitrogen functional groups attached to an aromatic ring is 1. The summed E-state index contributed by atoms with van der Waals surface area (Å²) in [6.07, 6.45) is 0. The number of hydrogen-bond donors (Lipinski definition) is 2. The molecule has 0 unspecified atom stereocenters. The summed E-state index contributed by atoms with van der Waals surface area (Å²) in [6.45, 7) is 7.14. The third-order valence-electron chi connectivity index (χ3n) is 2.42. The van der Waals surface area contributed by atoms with Crippen LogP contribution >= 0.6 is 0 Å². The summed E-state index contributed by atoms with van der Waals surface area (Å²) in [5.74, 6) is 1.53. The van der Waals surface area contributed by atoms with Gasteiger partial charge in [0.15, 0.2) is 0 Å². The van der Waals surface area contributed by atoms with E-state index in [1.54, 1.807) is 0 Å². The second kappa shape index (κ2) is 5.03. The van der Waals surface area contributed by atoms with Gasteiger partial charge in [0.2, 0.25) is 11.8 Å². The highest BCUT2D eigenvalue weighted by molar-refractivity contribution is 5.94. The molecule has 3 rings (SSSR count). The van der Waals surface area contributed by atoms with Crippen LogP contribution in [0.3, 0.4) is 0 Å². The zero-order valence-electron chi connectivity index (χ0n) is 10.8. The molecule has 1 aliphatic heterocycles. The highest BCUT2D eigenvalue weighted by Crippen LogP contribution is 2.31. The Balaban J connectivity index is 0.000000574. The second-order valence-corrected chi connectivity index (χ2v) is 3.67. The summed E-state index contributed by atoms with van der Waals surface area (Å²) < 4.78 is 5.55. The highest BCUT2D eigenvalue weighted by atomic mass is 16.5. The lowest BCUT2D eigenvalue weighted by Crippen LogP contribution is -2.09. The summed E-state index contributed by atoms with van der Waals surface area (Å²) in [4.78, 5) is 12.7. The Labute approximate surface area is 106 Å². The fourth-order valence-corrected chi connectivity index (χ4v) is 1.81. The minimum atomic E-state index is 0.258.